The van der Waals surface area contributed by atoms with Crippen LogP contribution in [0, 0.1) is 40.1 Å². The zero-order valence-corrected chi connectivity index (χ0v) is 33.3. The minimum Gasteiger partial charge on any atom is -0.497 e. The van der Waals surface area contributed by atoms with Crippen molar-refractivity contribution in [1.82, 2.24) is 9.97 Å². The summed E-state index contributed by atoms with van der Waals surface area (Å²) >= 11 is 0. The Kier molecular flexibility index (Phi) is 12.8. The van der Waals surface area contributed by atoms with E-state index in [1.807, 2.05) is 64.5 Å². The normalized spacial score (nSPS) is 13.1. The quantitative estimate of drug-likeness (QED) is 0.121. The van der Waals surface area contributed by atoms with E-state index in [1.165, 1.54) is 38.6 Å². The van der Waals surface area contributed by atoms with Gasteiger partial charge in [-0.1, -0.05) is 99.2 Å². The van der Waals surface area contributed by atoms with Crippen LogP contribution in [0.2, 0.25) is 0 Å². The topological polar surface area (TPSA) is 50.7 Å². The minimum atomic E-state index is 0. The summed E-state index contributed by atoms with van der Waals surface area (Å²) in [6.45, 7) is 16.8. The van der Waals surface area contributed by atoms with Gasteiger partial charge in [0.1, 0.15) is 11.5 Å². The van der Waals surface area contributed by atoms with Crippen LogP contribution in [0.5, 0.6) is 11.5 Å². The van der Waals surface area contributed by atoms with Crippen molar-refractivity contribution in [3.05, 3.63) is 180 Å². The number of allylic oxidation sites excluding steroid dienone is 3. The third kappa shape index (κ3) is 8.04. The molecule has 0 radical (unpaired) electrons. The van der Waals surface area contributed by atoms with Crippen LogP contribution < -0.4 is 35.7 Å². The number of anilines is 3. The second-order valence-electron chi connectivity index (χ2n) is 12.8. The van der Waals surface area contributed by atoms with Crippen LogP contribution in [-0.4, -0.2) is 37.6 Å². The molecule has 0 atom stereocenters. The van der Waals surface area contributed by atoms with Gasteiger partial charge in [-0.15, -0.1) is 54.5 Å². The van der Waals surface area contributed by atoms with E-state index in [0.717, 1.165) is 40.0 Å². The summed E-state index contributed by atoms with van der Waals surface area (Å²) < 4.78 is 10.8. The number of para-hydroxylation sites is 1. The first-order valence-corrected chi connectivity index (χ1v) is 17.3. The van der Waals surface area contributed by atoms with Crippen molar-refractivity contribution in [3.63, 3.8) is 0 Å². The van der Waals surface area contributed by atoms with Gasteiger partial charge in [0.15, 0.2) is 0 Å². The maximum absolute atomic E-state index is 5.42. The van der Waals surface area contributed by atoms with Crippen LogP contribution in [-0.2, 0) is 21.1 Å². The molecule has 5 aromatic rings. The van der Waals surface area contributed by atoms with Crippen LogP contribution in [0.15, 0.2) is 146 Å². The summed E-state index contributed by atoms with van der Waals surface area (Å²) in [7, 11) is 3.40. The molecule has 9 heteroatoms. The van der Waals surface area contributed by atoms with Crippen molar-refractivity contribution in [2.75, 3.05) is 24.0 Å². The number of ether oxygens (including phenoxy) is 2. The molecule has 0 N–H and O–H groups in total. The molecule has 53 heavy (non-hydrogen) atoms. The molecule has 0 unspecified atom stereocenters. The summed E-state index contributed by atoms with van der Waals surface area (Å²) in [4.78, 5) is 12.9. The molecule has 266 valence electrons. The van der Waals surface area contributed by atoms with Gasteiger partial charge in [0.2, 0.25) is 13.4 Å². The van der Waals surface area contributed by atoms with Crippen molar-refractivity contribution < 1.29 is 30.5 Å². The molecule has 2 aromatic heterocycles. The predicted octanol–water partition coefficient (Wildman–Crippen LogP) is 7.27. The van der Waals surface area contributed by atoms with E-state index < -0.39 is 0 Å². The van der Waals surface area contributed by atoms with E-state index in [4.69, 9.17) is 9.47 Å². The van der Waals surface area contributed by atoms with Gasteiger partial charge < -0.3 is 29.2 Å². The Labute approximate surface area is 329 Å². The van der Waals surface area contributed by atoms with Crippen molar-refractivity contribution in [2.24, 2.45) is 0 Å². The van der Waals surface area contributed by atoms with E-state index in [9.17, 15) is 0 Å². The number of hydrogen-bond acceptors (Lipinski definition) is 6. The Morgan fingerprint density at radius 2 is 1.09 bits per heavy atom. The van der Waals surface area contributed by atoms with E-state index in [-0.39, 0.29) is 34.5 Å². The van der Waals surface area contributed by atoms with Gasteiger partial charge in [-0.05, 0) is 64.1 Å². The van der Waals surface area contributed by atoms with Gasteiger partial charge in [-0.3, -0.25) is 0 Å². The van der Waals surface area contributed by atoms with E-state index >= 15 is 0 Å². The Morgan fingerprint density at radius 3 is 1.58 bits per heavy atom. The Bertz CT molecular complexity index is 2140. The molecule has 0 bridgehead atoms. The van der Waals surface area contributed by atoms with Gasteiger partial charge in [0, 0.05) is 24.0 Å². The van der Waals surface area contributed by atoms with Gasteiger partial charge in [-0.25, -0.2) is 0 Å². The maximum atomic E-state index is 5.42. The molecule has 4 heterocycles. The van der Waals surface area contributed by atoms with Crippen LogP contribution in [0.25, 0.3) is 0 Å². The molecular weight excluding hydrogens is 833 g/mol. The summed E-state index contributed by atoms with van der Waals surface area (Å²) in [6, 6.07) is 28.5. The maximum Gasteiger partial charge on any atom is 2.00 e. The number of methoxy groups -OCH3 is 2. The van der Waals surface area contributed by atoms with Crippen LogP contribution >= 0.6 is 0 Å². The fourth-order valence-electron chi connectivity index (χ4n) is 7.22. The summed E-state index contributed by atoms with van der Waals surface area (Å²) in [6.07, 6.45) is 14.1. The number of rotatable bonds is 8. The van der Waals surface area contributed by atoms with Gasteiger partial charge in [0.05, 0.1) is 14.2 Å². The average molecular weight is 876 g/mol. The standard InChI is InChI=1S/C22H20BN2O.C22H22BN2O.Pt/c1-16-14-18(26-3)15-17(2)22(16)23-11-13-25(21-10-6-7-12-24-21)20-9-5-4-8-19(20)23;1-6-19-20(7-2)25(21-10-8-9-12-24-21)13-11-23(19)22-16(3)14-18(26-5)15-17(22)4;/h4-12,14-15H,1-3H3;6-12,14-15H,1-2H2,3-5H3;/q2*-1;+2. The minimum absolute atomic E-state index is 0. The fraction of sp³-hybridized carbons (Fsp3) is 0.136. The zero-order chi connectivity index (χ0) is 36.8. The first-order chi connectivity index (χ1) is 25.3. The first kappa shape index (κ1) is 38.9. The molecule has 0 fully saturated rings. The van der Waals surface area contributed by atoms with Crippen molar-refractivity contribution in [2.45, 2.75) is 27.7 Å². The number of nitrogens with zero attached hydrogens (tertiary/aromatic N) is 4. The molecule has 7 rings (SSSR count). The number of aromatic nitrogens is 2. The summed E-state index contributed by atoms with van der Waals surface area (Å²) in [5, 5.41) is 0. The molecule has 0 aliphatic carbocycles. The largest absolute Gasteiger partial charge is 2.00 e. The van der Waals surface area contributed by atoms with Crippen molar-refractivity contribution in [3.8, 4) is 11.5 Å². The molecule has 0 saturated heterocycles. The van der Waals surface area contributed by atoms with Gasteiger partial charge in [-0.2, -0.15) is 0 Å². The third-order valence-corrected chi connectivity index (χ3v) is 9.52. The molecule has 2 aliphatic rings. The van der Waals surface area contributed by atoms with E-state index in [2.05, 4.69) is 124 Å². The second-order valence-corrected chi connectivity index (χ2v) is 12.8. The van der Waals surface area contributed by atoms with Crippen LogP contribution in [0.3, 0.4) is 0 Å². The molecular formula is C44H42B2N4O2Pt. The number of hydrogen-bond donors (Lipinski definition) is 0. The van der Waals surface area contributed by atoms with Crippen molar-refractivity contribution in [1.29, 1.82) is 0 Å². The predicted molar refractivity (Wildman–Crippen MR) is 218 cm³/mol. The summed E-state index contributed by atoms with van der Waals surface area (Å²) in [5.41, 5.74) is 11.8. The molecule has 0 spiro atoms. The van der Waals surface area contributed by atoms with Crippen LogP contribution in [0.1, 0.15) is 22.3 Å². The number of aryl methyl sites for hydroxylation is 4. The molecule has 3 aromatic carbocycles. The van der Waals surface area contributed by atoms with Crippen molar-refractivity contribution >= 4 is 47.1 Å². The van der Waals surface area contributed by atoms with E-state index in [0.29, 0.717) is 0 Å². The van der Waals surface area contributed by atoms with Gasteiger partial charge >= 0.3 is 21.1 Å². The average Bonchev–Trinajstić information content (AvgIpc) is 3.17. The second kappa shape index (κ2) is 17.5. The van der Waals surface area contributed by atoms with Crippen LogP contribution in [0.4, 0.5) is 17.3 Å². The zero-order valence-electron chi connectivity index (χ0n) is 31.0. The molecule has 0 amide bonds. The van der Waals surface area contributed by atoms with E-state index in [1.54, 1.807) is 20.4 Å². The first-order valence-electron chi connectivity index (χ1n) is 17.3. The molecule has 6 nitrogen and oxygen atoms in total. The fourth-order valence-corrected chi connectivity index (χ4v) is 7.22. The summed E-state index contributed by atoms with van der Waals surface area (Å²) in [5.74, 6) is 7.66. The monoisotopic (exact) mass is 875 g/mol. The molecule has 2 aliphatic heterocycles. The SMILES string of the molecule is C=CC1=C(C=C)N(c2ccccn2)[C-]=CB1c1c(C)cc(OC)cc1C.COc1cc(C)c(B2C=[C-]N(c3ccccn3)c3ccccc32)c(C)c1.[Pt+2]. The Morgan fingerprint density at radius 1 is 0.623 bits per heavy atom. The third-order valence-electron chi connectivity index (χ3n) is 9.52. The number of fused-ring (bicyclic) bond motifs is 1. The Balaban J connectivity index is 0.000000201. The number of pyridine rings is 2. The Hall–Kier alpha value is -5.32. The van der Waals surface area contributed by atoms with Gasteiger partial charge in [0.25, 0.3) is 0 Å². The number of benzene rings is 3. The molecule has 0 saturated carbocycles. The smallest absolute Gasteiger partial charge is 0.497 e.